The Labute approximate surface area is 207 Å². The van der Waals surface area contributed by atoms with Crippen molar-refractivity contribution in [2.45, 2.75) is 24.8 Å². The molecule has 8 heteroatoms. The predicted molar refractivity (Wildman–Crippen MR) is 135 cm³/mol. The summed E-state index contributed by atoms with van der Waals surface area (Å²) >= 11 is 1.22. The first kappa shape index (κ1) is 22.7. The number of nitrogens with one attached hydrogen (secondary N) is 2. The van der Waals surface area contributed by atoms with Crippen molar-refractivity contribution in [1.29, 1.82) is 0 Å². The van der Waals surface area contributed by atoms with Gasteiger partial charge in [-0.25, -0.2) is 4.79 Å². The number of alkyl carbamates (subject to hydrolysis) is 1. The lowest BCUT2D eigenvalue weighted by atomic mass is 9.98. The number of anilines is 1. The van der Waals surface area contributed by atoms with E-state index in [-0.39, 0.29) is 18.4 Å². The van der Waals surface area contributed by atoms with Gasteiger partial charge >= 0.3 is 6.09 Å². The van der Waals surface area contributed by atoms with Gasteiger partial charge in [-0.15, -0.1) is 10.2 Å². The van der Waals surface area contributed by atoms with E-state index in [1.807, 2.05) is 54.6 Å². The van der Waals surface area contributed by atoms with Crippen LogP contribution in [0.1, 0.15) is 29.0 Å². The molecule has 3 aromatic carbocycles. The Hall–Kier alpha value is -4.04. The average molecular weight is 485 g/mol. The maximum atomic E-state index is 12.9. The van der Waals surface area contributed by atoms with Gasteiger partial charge in [0.15, 0.2) is 0 Å². The second-order valence-electron chi connectivity index (χ2n) is 8.28. The van der Waals surface area contributed by atoms with Crippen LogP contribution in [-0.4, -0.2) is 34.8 Å². The molecule has 0 aliphatic heterocycles. The normalized spacial score (nSPS) is 12.9. The lowest BCUT2D eigenvalue weighted by Crippen LogP contribution is -2.44. The van der Waals surface area contributed by atoms with Crippen LogP contribution in [0.5, 0.6) is 0 Å². The number of amides is 2. The lowest BCUT2D eigenvalue weighted by Gasteiger charge is -2.19. The molecule has 35 heavy (non-hydrogen) atoms. The highest BCUT2D eigenvalue weighted by molar-refractivity contribution is 7.13. The van der Waals surface area contributed by atoms with E-state index in [9.17, 15) is 9.59 Å². The minimum Gasteiger partial charge on any atom is -0.449 e. The Morgan fingerprint density at radius 3 is 2.23 bits per heavy atom. The van der Waals surface area contributed by atoms with Crippen molar-refractivity contribution in [3.05, 3.63) is 101 Å². The van der Waals surface area contributed by atoms with Crippen molar-refractivity contribution in [3.63, 3.8) is 0 Å². The number of carbonyl (C=O) groups excluding carboxylic acids is 2. The lowest BCUT2D eigenvalue weighted by molar-refractivity contribution is -0.118. The van der Waals surface area contributed by atoms with Gasteiger partial charge in [-0.2, -0.15) is 0 Å². The third-order valence-corrected chi connectivity index (χ3v) is 6.71. The van der Waals surface area contributed by atoms with E-state index in [0.717, 1.165) is 27.8 Å². The predicted octanol–water partition coefficient (Wildman–Crippen LogP) is 5.02. The van der Waals surface area contributed by atoms with Gasteiger partial charge in [-0.05, 0) is 40.7 Å². The van der Waals surface area contributed by atoms with E-state index in [0.29, 0.717) is 18.0 Å². The molecular formula is C27H24N4O3S. The molecule has 1 atom stereocenters. The van der Waals surface area contributed by atoms with Crippen molar-refractivity contribution in [3.8, 4) is 11.1 Å². The van der Waals surface area contributed by atoms with E-state index in [1.165, 1.54) is 16.8 Å². The summed E-state index contributed by atoms with van der Waals surface area (Å²) in [5.74, 6) is -0.405. The molecule has 0 bridgehead atoms. The summed E-state index contributed by atoms with van der Waals surface area (Å²) in [5.41, 5.74) is 7.21. The summed E-state index contributed by atoms with van der Waals surface area (Å²) in [6, 6.07) is 25.4. The van der Waals surface area contributed by atoms with Crippen molar-refractivity contribution in [2.24, 2.45) is 0 Å². The number of fused-ring (bicyclic) bond motifs is 3. The first-order valence-corrected chi connectivity index (χ1v) is 12.3. The smallest absolute Gasteiger partial charge is 0.407 e. The maximum absolute atomic E-state index is 12.9. The van der Waals surface area contributed by atoms with Crippen LogP contribution in [0.2, 0.25) is 0 Å². The van der Waals surface area contributed by atoms with Crippen LogP contribution in [0.15, 0.2) is 84.4 Å². The second kappa shape index (κ2) is 10.5. The van der Waals surface area contributed by atoms with Crippen LogP contribution in [0.3, 0.4) is 0 Å². The molecule has 5 rings (SSSR count). The fraction of sp³-hybridized carbons (Fsp3) is 0.185. The third kappa shape index (κ3) is 5.22. The van der Waals surface area contributed by atoms with E-state index < -0.39 is 12.1 Å². The summed E-state index contributed by atoms with van der Waals surface area (Å²) < 4.78 is 5.65. The number of hydrogen-bond acceptors (Lipinski definition) is 6. The fourth-order valence-corrected chi connectivity index (χ4v) is 4.87. The van der Waals surface area contributed by atoms with E-state index in [2.05, 4.69) is 45.1 Å². The Kier molecular flexibility index (Phi) is 6.81. The number of ether oxygens (including phenoxy) is 1. The molecule has 2 amide bonds. The van der Waals surface area contributed by atoms with Gasteiger partial charge in [-0.1, -0.05) is 90.2 Å². The summed E-state index contributed by atoms with van der Waals surface area (Å²) in [6.07, 6.45) is 0.412. The number of rotatable bonds is 8. The minimum atomic E-state index is -0.783. The number of hydrogen-bond donors (Lipinski definition) is 2. The van der Waals surface area contributed by atoms with Gasteiger partial charge in [0.25, 0.3) is 0 Å². The topological polar surface area (TPSA) is 93.2 Å². The average Bonchev–Trinajstić information content (AvgIpc) is 3.52. The van der Waals surface area contributed by atoms with Gasteiger partial charge in [0.2, 0.25) is 11.0 Å². The summed E-state index contributed by atoms with van der Waals surface area (Å²) in [4.78, 5) is 25.7. The van der Waals surface area contributed by atoms with E-state index in [1.54, 1.807) is 0 Å². The second-order valence-corrected chi connectivity index (χ2v) is 9.11. The van der Waals surface area contributed by atoms with Crippen molar-refractivity contribution in [1.82, 2.24) is 15.5 Å². The number of aryl methyl sites for hydroxylation is 1. The molecule has 0 saturated heterocycles. The molecule has 176 valence electrons. The van der Waals surface area contributed by atoms with Gasteiger partial charge in [0.1, 0.15) is 18.2 Å². The van der Waals surface area contributed by atoms with Gasteiger partial charge in [-0.3, -0.25) is 10.1 Å². The van der Waals surface area contributed by atoms with E-state index >= 15 is 0 Å². The Bertz CT molecular complexity index is 1270. The quantitative estimate of drug-likeness (QED) is 0.366. The zero-order valence-electron chi connectivity index (χ0n) is 18.9. The molecule has 0 saturated carbocycles. The minimum absolute atomic E-state index is 0.0499. The molecule has 0 radical (unpaired) electrons. The largest absolute Gasteiger partial charge is 0.449 e. The number of nitrogens with zero attached hydrogens (tertiary/aromatic N) is 2. The Morgan fingerprint density at radius 1 is 0.914 bits per heavy atom. The summed E-state index contributed by atoms with van der Waals surface area (Å²) in [7, 11) is 0. The van der Waals surface area contributed by atoms with Crippen LogP contribution in [0.4, 0.5) is 9.93 Å². The van der Waals surface area contributed by atoms with Gasteiger partial charge < -0.3 is 10.1 Å². The monoisotopic (exact) mass is 484 g/mol. The molecule has 1 aromatic heterocycles. The Balaban J connectivity index is 1.26. The number of aromatic nitrogens is 2. The molecule has 2 N–H and O–H groups in total. The van der Waals surface area contributed by atoms with Crippen LogP contribution in [-0.2, 0) is 16.0 Å². The molecule has 0 unspecified atom stereocenters. The molecule has 1 aliphatic carbocycles. The standard InChI is InChI=1S/C27H24N4O3S/c32-25(30-26-31-28-17-35-26)24(15-14-18-8-2-1-3-9-18)29-27(33)34-16-23-21-12-6-4-10-19(21)20-11-5-7-13-22(20)23/h1-13,17,23-24H,14-16H2,(H,29,33)(H,30,31,32)/t24-/m0/s1. The van der Waals surface area contributed by atoms with Crippen LogP contribution in [0, 0.1) is 0 Å². The first-order chi connectivity index (χ1) is 17.2. The van der Waals surface area contributed by atoms with E-state index in [4.69, 9.17) is 4.74 Å². The molecule has 0 fully saturated rings. The molecule has 1 aliphatic rings. The zero-order chi connectivity index (χ0) is 24.0. The number of benzene rings is 3. The highest BCUT2D eigenvalue weighted by atomic mass is 32.1. The Morgan fingerprint density at radius 2 is 1.57 bits per heavy atom. The highest BCUT2D eigenvalue weighted by Gasteiger charge is 2.30. The molecule has 0 spiro atoms. The molecular weight excluding hydrogens is 460 g/mol. The zero-order valence-corrected chi connectivity index (χ0v) is 19.7. The first-order valence-electron chi connectivity index (χ1n) is 11.4. The third-order valence-electron chi connectivity index (χ3n) is 6.11. The summed E-state index contributed by atoms with van der Waals surface area (Å²) in [6.45, 7) is 0.184. The van der Waals surface area contributed by atoms with Gasteiger partial charge in [0.05, 0.1) is 0 Å². The molecule has 1 heterocycles. The maximum Gasteiger partial charge on any atom is 0.407 e. The number of carbonyl (C=O) groups is 2. The SMILES string of the molecule is O=C(N[C@@H](CCc1ccccc1)C(=O)Nc1nncs1)OCC1c2ccccc2-c2ccccc21. The fourth-order valence-electron chi connectivity index (χ4n) is 4.43. The molecule has 7 nitrogen and oxygen atoms in total. The summed E-state index contributed by atoms with van der Waals surface area (Å²) in [5, 5.41) is 13.5. The molecule has 4 aromatic rings. The highest BCUT2D eigenvalue weighted by Crippen LogP contribution is 2.44. The van der Waals surface area contributed by atoms with Crippen molar-refractivity contribution < 1.29 is 14.3 Å². The van der Waals surface area contributed by atoms with Crippen LogP contribution >= 0.6 is 11.3 Å². The van der Waals surface area contributed by atoms with Crippen LogP contribution < -0.4 is 10.6 Å². The van der Waals surface area contributed by atoms with Gasteiger partial charge in [0, 0.05) is 5.92 Å². The van der Waals surface area contributed by atoms with Crippen molar-refractivity contribution in [2.75, 3.05) is 11.9 Å². The van der Waals surface area contributed by atoms with Crippen LogP contribution in [0.25, 0.3) is 11.1 Å². The van der Waals surface area contributed by atoms with Crippen molar-refractivity contribution >= 4 is 28.5 Å².